The lowest BCUT2D eigenvalue weighted by molar-refractivity contribution is 0.122. The van der Waals surface area contributed by atoms with Crippen molar-refractivity contribution in [1.29, 1.82) is 0 Å². The average Bonchev–Trinajstić information content (AvgIpc) is 2.71. The first-order valence-corrected chi connectivity index (χ1v) is 8.20. The van der Waals surface area contributed by atoms with Gasteiger partial charge in [0.2, 0.25) is 0 Å². The maximum atomic E-state index is 6.39. The number of aryl methyl sites for hydroxylation is 2. The van der Waals surface area contributed by atoms with E-state index in [0.29, 0.717) is 0 Å². The fourth-order valence-corrected chi connectivity index (χ4v) is 2.44. The van der Waals surface area contributed by atoms with Crippen LogP contribution in [0.15, 0.2) is 0 Å². The van der Waals surface area contributed by atoms with Gasteiger partial charge in [0.25, 0.3) is 0 Å². The standard InChI is InChI=1S/C13H23BrClN3O/c1-4-11-13(15)12(18(5-2)16-11)10-17(3)7-9-19-8-6-14/h4-10H2,1-3H3. The Balaban J connectivity index is 2.57. The topological polar surface area (TPSA) is 30.3 Å². The predicted octanol–water partition coefficient (Wildman–Crippen LogP) is 2.96. The van der Waals surface area contributed by atoms with Crippen molar-refractivity contribution in [3.8, 4) is 0 Å². The van der Waals surface area contributed by atoms with Crippen molar-refractivity contribution in [3.05, 3.63) is 16.4 Å². The molecule has 1 aromatic heterocycles. The van der Waals surface area contributed by atoms with Crippen LogP contribution in [-0.4, -0.2) is 46.8 Å². The molecule has 0 unspecified atom stereocenters. The van der Waals surface area contributed by atoms with Crippen LogP contribution in [0.1, 0.15) is 25.2 Å². The first kappa shape index (κ1) is 17.0. The van der Waals surface area contributed by atoms with Crippen LogP contribution in [0.25, 0.3) is 0 Å². The minimum absolute atomic E-state index is 0.737. The largest absolute Gasteiger partial charge is 0.379 e. The number of aromatic nitrogens is 2. The van der Waals surface area contributed by atoms with Crippen molar-refractivity contribution in [1.82, 2.24) is 14.7 Å². The number of rotatable bonds is 9. The lowest BCUT2D eigenvalue weighted by Crippen LogP contribution is -2.24. The van der Waals surface area contributed by atoms with Crippen molar-refractivity contribution in [2.45, 2.75) is 33.4 Å². The molecular formula is C13H23BrClN3O. The Kier molecular flexibility index (Phi) is 7.99. The third kappa shape index (κ3) is 5.06. The molecule has 19 heavy (non-hydrogen) atoms. The Hall–Kier alpha value is -0.100. The summed E-state index contributed by atoms with van der Waals surface area (Å²) in [7, 11) is 2.08. The summed E-state index contributed by atoms with van der Waals surface area (Å²) in [5.41, 5.74) is 2.09. The molecule has 0 saturated carbocycles. The molecular weight excluding hydrogens is 330 g/mol. The monoisotopic (exact) mass is 351 g/mol. The van der Waals surface area contributed by atoms with Gasteiger partial charge in [0.05, 0.1) is 29.6 Å². The van der Waals surface area contributed by atoms with Crippen molar-refractivity contribution in [2.24, 2.45) is 0 Å². The van der Waals surface area contributed by atoms with E-state index in [4.69, 9.17) is 16.3 Å². The van der Waals surface area contributed by atoms with Gasteiger partial charge in [-0.2, -0.15) is 5.10 Å². The van der Waals surface area contributed by atoms with Crippen molar-refractivity contribution in [3.63, 3.8) is 0 Å². The van der Waals surface area contributed by atoms with E-state index >= 15 is 0 Å². The first-order chi connectivity index (χ1) is 9.13. The lowest BCUT2D eigenvalue weighted by Gasteiger charge is -2.17. The zero-order valence-corrected chi connectivity index (χ0v) is 14.3. The van der Waals surface area contributed by atoms with Gasteiger partial charge in [0.15, 0.2) is 0 Å². The number of hydrogen-bond donors (Lipinski definition) is 0. The molecule has 0 aliphatic heterocycles. The Bertz CT molecular complexity index is 384. The highest BCUT2D eigenvalue weighted by atomic mass is 79.9. The van der Waals surface area contributed by atoms with Gasteiger partial charge in [-0.15, -0.1) is 0 Å². The number of likely N-dealkylation sites (N-methyl/N-ethyl adjacent to an activating group) is 1. The maximum absolute atomic E-state index is 6.39. The second-order valence-corrected chi connectivity index (χ2v) is 5.59. The van der Waals surface area contributed by atoms with Gasteiger partial charge in [-0.25, -0.2) is 0 Å². The second kappa shape index (κ2) is 8.95. The summed E-state index contributed by atoms with van der Waals surface area (Å²) in [6, 6.07) is 0. The molecule has 0 amide bonds. The van der Waals surface area contributed by atoms with Crippen LogP contribution in [0.2, 0.25) is 5.02 Å². The van der Waals surface area contributed by atoms with E-state index in [1.807, 2.05) is 4.68 Å². The number of nitrogens with zero attached hydrogens (tertiary/aromatic N) is 3. The van der Waals surface area contributed by atoms with Crippen molar-refractivity contribution >= 4 is 27.5 Å². The van der Waals surface area contributed by atoms with Gasteiger partial charge < -0.3 is 4.74 Å². The van der Waals surface area contributed by atoms with E-state index in [2.05, 4.69) is 46.8 Å². The van der Waals surface area contributed by atoms with Crippen LogP contribution >= 0.6 is 27.5 Å². The van der Waals surface area contributed by atoms with E-state index in [1.54, 1.807) is 0 Å². The highest BCUT2D eigenvalue weighted by Gasteiger charge is 2.15. The van der Waals surface area contributed by atoms with Crippen LogP contribution < -0.4 is 0 Å². The quantitative estimate of drug-likeness (QED) is 0.505. The SMILES string of the molecule is CCc1nn(CC)c(CN(C)CCOCCBr)c1Cl. The summed E-state index contributed by atoms with van der Waals surface area (Å²) in [5.74, 6) is 0. The van der Waals surface area contributed by atoms with Crippen molar-refractivity contribution < 1.29 is 4.74 Å². The molecule has 110 valence electrons. The summed E-state index contributed by atoms with van der Waals surface area (Å²) < 4.78 is 7.46. The number of ether oxygens (including phenoxy) is 1. The van der Waals surface area contributed by atoms with Gasteiger partial charge >= 0.3 is 0 Å². The molecule has 0 radical (unpaired) electrons. The molecule has 0 atom stereocenters. The zero-order chi connectivity index (χ0) is 14.3. The predicted molar refractivity (Wildman–Crippen MR) is 83.2 cm³/mol. The third-order valence-electron chi connectivity index (χ3n) is 2.95. The molecule has 0 aliphatic carbocycles. The van der Waals surface area contributed by atoms with E-state index < -0.39 is 0 Å². The molecule has 1 heterocycles. The molecule has 0 N–H and O–H groups in total. The van der Waals surface area contributed by atoms with Crippen LogP contribution in [0.5, 0.6) is 0 Å². The highest BCUT2D eigenvalue weighted by Crippen LogP contribution is 2.22. The van der Waals surface area contributed by atoms with Crippen molar-refractivity contribution in [2.75, 3.05) is 32.1 Å². The van der Waals surface area contributed by atoms with Crippen LogP contribution in [-0.2, 0) is 24.2 Å². The molecule has 0 saturated heterocycles. The van der Waals surface area contributed by atoms with Gasteiger partial charge in [-0.3, -0.25) is 9.58 Å². The normalized spacial score (nSPS) is 11.5. The van der Waals surface area contributed by atoms with Crippen LogP contribution in [0.3, 0.4) is 0 Å². The molecule has 6 heteroatoms. The average molecular weight is 353 g/mol. The molecule has 0 bridgehead atoms. The van der Waals surface area contributed by atoms with E-state index in [0.717, 1.165) is 61.0 Å². The molecule has 4 nitrogen and oxygen atoms in total. The Labute approximate surface area is 129 Å². The fourth-order valence-electron chi connectivity index (χ4n) is 1.88. The van der Waals surface area contributed by atoms with Crippen LogP contribution in [0, 0.1) is 0 Å². The number of alkyl halides is 1. The smallest absolute Gasteiger partial charge is 0.0863 e. The molecule has 0 aromatic carbocycles. The molecule has 0 fully saturated rings. The second-order valence-electron chi connectivity index (χ2n) is 4.42. The molecule has 1 aromatic rings. The third-order valence-corrected chi connectivity index (χ3v) is 3.71. The highest BCUT2D eigenvalue weighted by molar-refractivity contribution is 9.09. The summed E-state index contributed by atoms with van der Waals surface area (Å²) in [5, 5.41) is 6.23. The minimum atomic E-state index is 0.737. The summed E-state index contributed by atoms with van der Waals surface area (Å²) in [4.78, 5) is 2.21. The van der Waals surface area contributed by atoms with Gasteiger partial charge in [0, 0.05) is 25.0 Å². The molecule has 0 aliphatic rings. The number of halogens is 2. The van der Waals surface area contributed by atoms with Gasteiger partial charge in [-0.05, 0) is 20.4 Å². The Morgan fingerprint density at radius 1 is 1.37 bits per heavy atom. The minimum Gasteiger partial charge on any atom is -0.379 e. The maximum Gasteiger partial charge on any atom is 0.0863 e. The molecule has 0 spiro atoms. The molecule has 1 rings (SSSR count). The van der Waals surface area contributed by atoms with Gasteiger partial charge in [-0.1, -0.05) is 34.5 Å². The summed E-state index contributed by atoms with van der Waals surface area (Å²) >= 11 is 9.73. The van der Waals surface area contributed by atoms with E-state index in [-0.39, 0.29) is 0 Å². The lowest BCUT2D eigenvalue weighted by atomic mass is 10.3. The van der Waals surface area contributed by atoms with E-state index in [1.165, 1.54) is 0 Å². The Morgan fingerprint density at radius 3 is 2.68 bits per heavy atom. The summed E-state index contributed by atoms with van der Waals surface area (Å²) in [6.07, 6.45) is 0.872. The number of hydrogen-bond acceptors (Lipinski definition) is 3. The summed E-state index contributed by atoms with van der Waals surface area (Å²) in [6.45, 7) is 8.20. The van der Waals surface area contributed by atoms with Crippen LogP contribution in [0.4, 0.5) is 0 Å². The zero-order valence-electron chi connectivity index (χ0n) is 12.0. The Morgan fingerprint density at radius 2 is 2.11 bits per heavy atom. The van der Waals surface area contributed by atoms with E-state index in [9.17, 15) is 0 Å². The fraction of sp³-hybridized carbons (Fsp3) is 0.769. The van der Waals surface area contributed by atoms with Gasteiger partial charge in [0.1, 0.15) is 0 Å². The first-order valence-electron chi connectivity index (χ1n) is 6.70.